The van der Waals surface area contributed by atoms with Crippen LogP contribution in [-0.2, 0) is 35.6 Å². The second-order valence-corrected chi connectivity index (χ2v) is 7.72. The lowest BCUT2D eigenvalue weighted by Crippen LogP contribution is -2.32. The SMILES string of the molecule is O=c1cc2c(nn1CCNS(=O)(=O)c1cccc(C(F)(F)F)c1)CCC2. The smallest absolute Gasteiger partial charge is 0.268 e. The van der Waals surface area contributed by atoms with Gasteiger partial charge in [-0.1, -0.05) is 6.07 Å². The van der Waals surface area contributed by atoms with E-state index in [0.717, 1.165) is 48.7 Å². The van der Waals surface area contributed by atoms with Crippen molar-refractivity contribution in [3.63, 3.8) is 0 Å². The molecule has 1 N–H and O–H groups in total. The van der Waals surface area contributed by atoms with Gasteiger partial charge in [0.2, 0.25) is 10.0 Å². The standard InChI is InChI=1S/C16H16F3N3O3S/c17-16(18,19)12-4-2-5-13(10-12)26(24,25)20-7-8-22-15(23)9-11-3-1-6-14(11)21-22/h2,4-5,9-10,20H,1,3,6-8H2. The number of alkyl halides is 3. The molecule has 2 aromatic rings. The average Bonchev–Trinajstić information content (AvgIpc) is 3.01. The van der Waals surface area contributed by atoms with Crippen LogP contribution in [0, 0.1) is 0 Å². The van der Waals surface area contributed by atoms with E-state index >= 15 is 0 Å². The first kappa shape index (κ1) is 18.6. The third kappa shape index (κ3) is 3.96. The summed E-state index contributed by atoms with van der Waals surface area (Å²) < 4.78 is 65.9. The number of rotatable bonds is 5. The normalized spacial score (nSPS) is 14.4. The van der Waals surface area contributed by atoms with Gasteiger partial charge in [-0.25, -0.2) is 17.8 Å². The molecule has 0 saturated carbocycles. The maximum absolute atomic E-state index is 12.7. The molecule has 0 fully saturated rings. The van der Waals surface area contributed by atoms with Gasteiger partial charge < -0.3 is 0 Å². The molecule has 1 heterocycles. The third-order valence-electron chi connectivity index (χ3n) is 4.11. The van der Waals surface area contributed by atoms with Gasteiger partial charge in [-0.2, -0.15) is 18.3 Å². The van der Waals surface area contributed by atoms with Crippen LogP contribution in [0.2, 0.25) is 0 Å². The van der Waals surface area contributed by atoms with Crippen LogP contribution in [0.25, 0.3) is 0 Å². The van der Waals surface area contributed by atoms with E-state index in [2.05, 4.69) is 9.82 Å². The molecular weight excluding hydrogens is 371 g/mol. The summed E-state index contributed by atoms with van der Waals surface area (Å²) >= 11 is 0. The molecule has 140 valence electrons. The fraction of sp³-hybridized carbons (Fsp3) is 0.375. The number of fused-ring (bicyclic) bond motifs is 1. The maximum atomic E-state index is 12.7. The highest BCUT2D eigenvalue weighted by Gasteiger charge is 2.31. The molecule has 3 rings (SSSR count). The molecule has 26 heavy (non-hydrogen) atoms. The van der Waals surface area contributed by atoms with Crippen molar-refractivity contribution in [3.05, 3.63) is 57.5 Å². The molecule has 1 aromatic carbocycles. The molecule has 0 radical (unpaired) electrons. The average molecular weight is 387 g/mol. The van der Waals surface area contributed by atoms with Crippen LogP contribution in [0.5, 0.6) is 0 Å². The van der Waals surface area contributed by atoms with Crippen molar-refractivity contribution in [3.8, 4) is 0 Å². The summed E-state index contributed by atoms with van der Waals surface area (Å²) in [6.07, 6.45) is -2.13. The molecule has 1 aliphatic carbocycles. The molecule has 1 aliphatic rings. The van der Waals surface area contributed by atoms with Crippen molar-refractivity contribution in [1.29, 1.82) is 0 Å². The van der Waals surface area contributed by atoms with Crippen molar-refractivity contribution in [2.75, 3.05) is 6.54 Å². The van der Waals surface area contributed by atoms with Crippen molar-refractivity contribution >= 4 is 10.0 Å². The van der Waals surface area contributed by atoms with Gasteiger partial charge in [-0.05, 0) is 43.0 Å². The Hall–Kier alpha value is -2.20. The van der Waals surface area contributed by atoms with E-state index in [4.69, 9.17) is 0 Å². The maximum Gasteiger partial charge on any atom is 0.416 e. The zero-order chi connectivity index (χ0) is 18.9. The van der Waals surface area contributed by atoms with E-state index in [1.807, 2.05) is 0 Å². The molecular formula is C16H16F3N3O3S. The number of nitrogens with one attached hydrogen (secondary N) is 1. The highest BCUT2D eigenvalue weighted by Crippen LogP contribution is 2.30. The number of hydrogen-bond donors (Lipinski definition) is 1. The van der Waals surface area contributed by atoms with Gasteiger partial charge in [0.1, 0.15) is 0 Å². The molecule has 0 bridgehead atoms. The number of nitrogens with zero attached hydrogens (tertiary/aromatic N) is 2. The van der Waals surface area contributed by atoms with E-state index in [1.54, 1.807) is 0 Å². The minimum atomic E-state index is -4.63. The Morgan fingerprint density at radius 3 is 2.69 bits per heavy atom. The van der Waals surface area contributed by atoms with Crippen molar-refractivity contribution in [2.45, 2.75) is 36.9 Å². The third-order valence-corrected chi connectivity index (χ3v) is 5.57. The molecule has 0 atom stereocenters. The molecule has 1 aromatic heterocycles. The summed E-state index contributed by atoms with van der Waals surface area (Å²) in [5, 5.41) is 4.21. The van der Waals surface area contributed by atoms with Gasteiger partial charge >= 0.3 is 6.18 Å². The van der Waals surface area contributed by atoms with Crippen LogP contribution in [-0.4, -0.2) is 24.7 Å². The zero-order valence-electron chi connectivity index (χ0n) is 13.6. The summed E-state index contributed by atoms with van der Waals surface area (Å²) in [4.78, 5) is 11.5. The molecule has 0 unspecified atom stereocenters. The molecule has 6 nitrogen and oxygen atoms in total. The van der Waals surface area contributed by atoms with Crippen LogP contribution < -0.4 is 10.3 Å². The molecule has 0 spiro atoms. The Morgan fingerprint density at radius 1 is 1.19 bits per heavy atom. The van der Waals surface area contributed by atoms with Crippen LogP contribution in [0.3, 0.4) is 0 Å². The second kappa shape index (κ2) is 6.84. The lowest BCUT2D eigenvalue weighted by Gasteiger charge is -2.11. The van der Waals surface area contributed by atoms with Crippen LogP contribution in [0.4, 0.5) is 13.2 Å². The van der Waals surface area contributed by atoms with Crippen molar-refractivity contribution in [1.82, 2.24) is 14.5 Å². The van der Waals surface area contributed by atoms with E-state index in [9.17, 15) is 26.4 Å². The molecule has 0 saturated heterocycles. The number of aromatic nitrogens is 2. The fourth-order valence-corrected chi connectivity index (χ4v) is 3.87. The molecule has 10 heteroatoms. The van der Waals surface area contributed by atoms with E-state index in [-0.39, 0.29) is 18.6 Å². The van der Waals surface area contributed by atoms with Crippen LogP contribution in [0.1, 0.15) is 23.2 Å². The van der Waals surface area contributed by atoms with Gasteiger partial charge in [0.05, 0.1) is 22.7 Å². The minimum absolute atomic E-state index is 0.00962. The monoisotopic (exact) mass is 387 g/mol. The van der Waals surface area contributed by atoms with Gasteiger partial charge in [-0.15, -0.1) is 0 Å². The quantitative estimate of drug-likeness (QED) is 0.847. The minimum Gasteiger partial charge on any atom is -0.268 e. The Balaban J connectivity index is 1.71. The van der Waals surface area contributed by atoms with Crippen LogP contribution >= 0.6 is 0 Å². The first-order valence-corrected chi connectivity index (χ1v) is 9.42. The summed E-state index contributed by atoms with van der Waals surface area (Å²) in [5.74, 6) is 0. The van der Waals surface area contributed by atoms with Gasteiger partial charge in [-0.3, -0.25) is 4.79 Å². The van der Waals surface area contributed by atoms with Gasteiger partial charge in [0.25, 0.3) is 5.56 Å². The zero-order valence-corrected chi connectivity index (χ0v) is 14.4. The number of aryl methyl sites for hydroxylation is 2. The highest BCUT2D eigenvalue weighted by molar-refractivity contribution is 7.89. The number of halogens is 3. The van der Waals surface area contributed by atoms with Crippen LogP contribution in [0.15, 0.2) is 40.0 Å². The predicted octanol–water partition coefficient (Wildman–Crippen LogP) is 1.73. The van der Waals surface area contributed by atoms with Gasteiger partial charge in [0.15, 0.2) is 0 Å². The first-order valence-electron chi connectivity index (χ1n) is 7.94. The van der Waals surface area contributed by atoms with E-state index in [0.29, 0.717) is 6.07 Å². The molecule has 0 amide bonds. The Bertz CT molecular complexity index is 984. The summed E-state index contributed by atoms with van der Waals surface area (Å²) in [6, 6.07) is 4.98. The van der Waals surface area contributed by atoms with Crippen molar-refractivity contribution in [2.24, 2.45) is 0 Å². The second-order valence-electron chi connectivity index (χ2n) is 5.95. The Labute approximate surface area is 147 Å². The lowest BCUT2D eigenvalue weighted by molar-refractivity contribution is -0.137. The summed E-state index contributed by atoms with van der Waals surface area (Å²) in [5.41, 5.74) is 0.363. The van der Waals surface area contributed by atoms with Gasteiger partial charge in [0, 0.05) is 12.6 Å². The Morgan fingerprint density at radius 2 is 1.96 bits per heavy atom. The highest BCUT2D eigenvalue weighted by atomic mass is 32.2. The number of sulfonamides is 1. The van der Waals surface area contributed by atoms with Crippen molar-refractivity contribution < 1.29 is 21.6 Å². The van der Waals surface area contributed by atoms with E-state index in [1.165, 1.54) is 10.7 Å². The summed E-state index contributed by atoms with van der Waals surface area (Å²) in [7, 11) is -4.13. The largest absolute Gasteiger partial charge is 0.416 e. The summed E-state index contributed by atoms with van der Waals surface area (Å²) in [6.45, 7) is -0.172. The molecule has 0 aliphatic heterocycles. The lowest BCUT2D eigenvalue weighted by atomic mass is 10.2. The van der Waals surface area contributed by atoms with E-state index < -0.39 is 26.7 Å². The first-order chi connectivity index (χ1) is 12.2. The number of benzene rings is 1. The Kier molecular flexibility index (Phi) is 4.89. The topological polar surface area (TPSA) is 81.1 Å². The number of hydrogen-bond acceptors (Lipinski definition) is 4. The fourth-order valence-electron chi connectivity index (χ4n) is 2.81. The predicted molar refractivity (Wildman–Crippen MR) is 87.2 cm³/mol.